The quantitative estimate of drug-likeness (QED) is 0.308. The summed E-state index contributed by atoms with van der Waals surface area (Å²) in [7, 11) is 0. The molecule has 1 aliphatic heterocycles. The summed E-state index contributed by atoms with van der Waals surface area (Å²) in [4.78, 5) is 39.0. The molecule has 0 radical (unpaired) electrons. The molecule has 2 unspecified atom stereocenters. The Balaban J connectivity index is 1.85. The lowest BCUT2D eigenvalue weighted by Crippen LogP contribution is -2.34. The van der Waals surface area contributed by atoms with Gasteiger partial charge in [0.1, 0.15) is 11.6 Å². The number of aliphatic carboxylic acids is 1. The first-order chi connectivity index (χ1) is 16.4. The number of amides is 1. The van der Waals surface area contributed by atoms with Crippen LogP contribution in [-0.2, 0) is 14.4 Å². The monoisotopic (exact) mass is 459 g/mol. The molecule has 1 heterocycles. The van der Waals surface area contributed by atoms with Crippen molar-refractivity contribution in [1.82, 2.24) is 4.90 Å². The average molecular weight is 459 g/mol. The number of carboxylic acids is 1. The van der Waals surface area contributed by atoms with Gasteiger partial charge >= 0.3 is 5.97 Å². The third-order valence-electron chi connectivity index (χ3n) is 5.90. The highest BCUT2D eigenvalue weighted by molar-refractivity contribution is 6.46. The lowest BCUT2D eigenvalue weighted by Gasteiger charge is -2.29. The van der Waals surface area contributed by atoms with Gasteiger partial charge in [-0.05, 0) is 11.6 Å². The number of nitrogens with zero attached hydrogens (tertiary/aromatic N) is 1. The second kappa shape index (κ2) is 9.70. The van der Waals surface area contributed by atoms with Crippen molar-refractivity contribution in [3.05, 3.63) is 113 Å². The Labute approximate surface area is 195 Å². The van der Waals surface area contributed by atoms with Crippen molar-refractivity contribution >= 4 is 23.4 Å². The zero-order valence-corrected chi connectivity index (χ0v) is 18.1. The maximum absolute atomic E-state index is 14.9. The molecule has 2 N–H and O–H groups in total. The Kier molecular flexibility index (Phi) is 6.54. The highest BCUT2D eigenvalue weighted by atomic mass is 19.1. The summed E-state index contributed by atoms with van der Waals surface area (Å²) in [5.41, 5.74) is 0.791. The normalized spacial score (nSPS) is 18.1. The number of carbonyl (C=O) groups excluding carboxylic acids is 2. The minimum absolute atomic E-state index is 0.0429. The molecule has 34 heavy (non-hydrogen) atoms. The molecule has 3 aromatic rings. The number of carboxylic acid groups (broad SMARTS) is 1. The van der Waals surface area contributed by atoms with Gasteiger partial charge in [-0.15, -0.1) is 0 Å². The highest BCUT2D eigenvalue weighted by Crippen LogP contribution is 2.41. The molecule has 0 aromatic heterocycles. The minimum Gasteiger partial charge on any atom is -0.507 e. The number of Topliss-reactive ketones (excluding diaryl/α,β-unsaturated/α-hetero) is 1. The summed E-state index contributed by atoms with van der Waals surface area (Å²) in [5.74, 6) is -4.65. The molecule has 2 atom stereocenters. The van der Waals surface area contributed by atoms with Crippen LogP contribution in [0.15, 0.2) is 90.5 Å². The number of likely N-dealkylation sites (tertiary alicyclic amines) is 1. The van der Waals surface area contributed by atoms with Crippen LogP contribution in [0, 0.1) is 5.82 Å². The number of halogens is 1. The van der Waals surface area contributed by atoms with Crippen molar-refractivity contribution in [3.63, 3.8) is 0 Å². The number of ketones is 1. The van der Waals surface area contributed by atoms with E-state index >= 15 is 0 Å². The smallest absolute Gasteiger partial charge is 0.304 e. The van der Waals surface area contributed by atoms with Gasteiger partial charge in [0, 0.05) is 23.6 Å². The van der Waals surface area contributed by atoms with Crippen LogP contribution in [0.25, 0.3) is 5.76 Å². The fourth-order valence-electron chi connectivity index (χ4n) is 4.30. The van der Waals surface area contributed by atoms with E-state index in [-0.39, 0.29) is 24.1 Å². The van der Waals surface area contributed by atoms with Gasteiger partial charge in [0.2, 0.25) is 0 Å². The third-order valence-corrected chi connectivity index (χ3v) is 5.90. The van der Waals surface area contributed by atoms with E-state index in [2.05, 4.69) is 0 Å². The molecule has 1 aliphatic rings. The second-order valence-electron chi connectivity index (χ2n) is 8.04. The molecule has 0 aliphatic carbocycles. The van der Waals surface area contributed by atoms with Crippen LogP contribution in [-0.4, -0.2) is 39.3 Å². The maximum atomic E-state index is 14.9. The summed E-state index contributed by atoms with van der Waals surface area (Å²) >= 11 is 0. The average Bonchev–Trinajstić information content (AvgIpc) is 3.09. The molecule has 4 rings (SSSR count). The molecule has 1 fully saturated rings. The fraction of sp³-hybridized carbons (Fsp3) is 0.148. The van der Waals surface area contributed by atoms with E-state index in [1.165, 1.54) is 18.2 Å². The Bertz CT molecular complexity index is 1260. The number of carbonyl (C=O) groups is 3. The number of benzene rings is 3. The van der Waals surface area contributed by atoms with Gasteiger partial charge < -0.3 is 15.1 Å². The van der Waals surface area contributed by atoms with Gasteiger partial charge in [0.05, 0.1) is 18.0 Å². The van der Waals surface area contributed by atoms with Crippen LogP contribution >= 0.6 is 0 Å². The Morgan fingerprint density at radius 3 is 2.09 bits per heavy atom. The SMILES string of the molecule is O=C(O)CC(CN1C(=O)C(=O)C(=C(O)c2ccccc2)C1c1ccccc1F)c1ccccc1. The minimum atomic E-state index is -1.21. The summed E-state index contributed by atoms with van der Waals surface area (Å²) < 4.78 is 14.9. The van der Waals surface area contributed by atoms with Crippen molar-refractivity contribution in [3.8, 4) is 0 Å². The predicted octanol–water partition coefficient (Wildman–Crippen LogP) is 4.51. The van der Waals surface area contributed by atoms with E-state index in [1.54, 1.807) is 66.7 Å². The first-order valence-corrected chi connectivity index (χ1v) is 10.7. The van der Waals surface area contributed by atoms with Gasteiger partial charge in [-0.3, -0.25) is 14.4 Å². The number of hydrogen-bond acceptors (Lipinski definition) is 4. The predicted molar refractivity (Wildman–Crippen MR) is 123 cm³/mol. The lowest BCUT2D eigenvalue weighted by molar-refractivity contribution is -0.141. The van der Waals surface area contributed by atoms with Gasteiger partial charge in [0.25, 0.3) is 11.7 Å². The fourth-order valence-corrected chi connectivity index (χ4v) is 4.30. The lowest BCUT2D eigenvalue weighted by atomic mass is 9.92. The van der Waals surface area contributed by atoms with E-state index in [0.717, 1.165) is 4.90 Å². The number of rotatable bonds is 7. The Morgan fingerprint density at radius 2 is 1.47 bits per heavy atom. The summed E-state index contributed by atoms with van der Waals surface area (Å²) in [6.07, 6.45) is -0.296. The zero-order valence-electron chi connectivity index (χ0n) is 18.1. The number of aliphatic hydroxyl groups excluding tert-OH is 1. The molecule has 0 bridgehead atoms. The molecule has 1 amide bonds. The molecule has 172 valence electrons. The van der Waals surface area contributed by atoms with Gasteiger partial charge in [0.15, 0.2) is 0 Å². The molecule has 1 saturated heterocycles. The van der Waals surface area contributed by atoms with Gasteiger partial charge in [-0.1, -0.05) is 78.9 Å². The van der Waals surface area contributed by atoms with Crippen molar-refractivity contribution in [2.45, 2.75) is 18.4 Å². The number of hydrogen-bond donors (Lipinski definition) is 2. The van der Waals surface area contributed by atoms with Crippen LogP contribution in [0.2, 0.25) is 0 Å². The van der Waals surface area contributed by atoms with E-state index in [9.17, 15) is 29.0 Å². The highest BCUT2D eigenvalue weighted by Gasteiger charge is 2.47. The van der Waals surface area contributed by atoms with E-state index in [0.29, 0.717) is 11.1 Å². The first kappa shape index (κ1) is 22.9. The third kappa shape index (κ3) is 4.45. The summed E-state index contributed by atoms with van der Waals surface area (Å²) in [5, 5.41) is 20.5. The Hall–Kier alpha value is -4.26. The van der Waals surface area contributed by atoms with E-state index in [1.807, 2.05) is 0 Å². The van der Waals surface area contributed by atoms with Gasteiger partial charge in [-0.25, -0.2) is 4.39 Å². The number of aliphatic hydroxyl groups is 1. The molecule has 0 saturated carbocycles. The Morgan fingerprint density at radius 1 is 0.882 bits per heavy atom. The molecule has 7 heteroatoms. The first-order valence-electron chi connectivity index (χ1n) is 10.7. The standard InChI is InChI=1S/C27H22FNO5/c28-21-14-8-7-13-20(21)24-23(25(32)18-11-5-2-6-12-18)26(33)27(34)29(24)16-19(15-22(30)31)17-9-3-1-4-10-17/h1-14,19,24,32H,15-16H2,(H,30,31). The molecule has 0 spiro atoms. The largest absolute Gasteiger partial charge is 0.507 e. The van der Waals surface area contributed by atoms with Crippen molar-refractivity contribution in [2.75, 3.05) is 6.54 Å². The summed E-state index contributed by atoms with van der Waals surface area (Å²) in [6, 6.07) is 21.5. The van der Waals surface area contributed by atoms with Crippen molar-refractivity contribution in [1.29, 1.82) is 0 Å². The molecular formula is C27H22FNO5. The second-order valence-corrected chi connectivity index (χ2v) is 8.04. The molecular weight excluding hydrogens is 437 g/mol. The van der Waals surface area contributed by atoms with Crippen molar-refractivity contribution in [2.24, 2.45) is 0 Å². The zero-order chi connectivity index (χ0) is 24.2. The van der Waals surface area contributed by atoms with Crippen LogP contribution < -0.4 is 0 Å². The van der Waals surface area contributed by atoms with Crippen LogP contribution in [0.1, 0.15) is 35.1 Å². The molecule has 3 aromatic carbocycles. The molecule has 6 nitrogen and oxygen atoms in total. The topological polar surface area (TPSA) is 94.9 Å². The van der Waals surface area contributed by atoms with E-state index in [4.69, 9.17) is 0 Å². The van der Waals surface area contributed by atoms with Gasteiger partial charge in [-0.2, -0.15) is 0 Å². The van der Waals surface area contributed by atoms with E-state index < -0.39 is 41.2 Å². The van der Waals surface area contributed by atoms with Crippen molar-refractivity contribution < 1.29 is 29.0 Å². The van der Waals surface area contributed by atoms with Crippen LogP contribution in [0.4, 0.5) is 4.39 Å². The van der Waals surface area contributed by atoms with Crippen LogP contribution in [0.3, 0.4) is 0 Å². The summed E-state index contributed by atoms with van der Waals surface area (Å²) in [6.45, 7) is -0.147. The van der Waals surface area contributed by atoms with Crippen LogP contribution in [0.5, 0.6) is 0 Å². The maximum Gasteiger partial charge on any atom is 0.304 e.